The smallest absolute Gasteiger partial charge is 0.357 e. The van der Waals surface area contributed by atoms with Gasteiger partial charge >= 0.3 is 7.60 Å². The first-order valence-corrected chi connectivity index (χ1v) is 8.44. The molecule has 0 aromatic heterocycles. The minimum Gasteiger partial charge on any atom is -0.504 e. The first kappa shape index (κ1) is 18.6. The van der Waals surface area contributed by atoms with Crippen LogP contribution in [-0.4, -0.2) is 39.7 Å². The summed E-state index contributed by atoms with van der Waals surface area (Å²) >= 11 is 0. The molecule has 2 N–H and O–H groups in total. The van der Waals surface area contributed by atoms with Gasteiger partial charge in [-0.25, -0.2) is 5.06 Å². The monoisotopic (exact) mass is 331 g/mol. The van der Waals surface area contributed by atoms with Crippen molar-refractivity contribution < 1.29 is 28.7 Å². The third-order valence-electron chi connectivity index (χ3n) is 3.08. The number of carbonyl (C=O) groups excluding carboxylic acids is 1. The summed E-state index contributed by atoms with van der Waals surface area (Å²) in [7, 11) is -3.62. The molecule has 7 nitrogen and oxygen atoms in total. The number of ketones is 1. The summed E-state index contributed by atoms with van der Waals surface area (Å²) in [6.07, 6.45) is 5.04. The second-order valence-corrected chi connectivity index (χ2v) is 7.63. The molecule has 0 bridgehead atoms. The second kappa shape index (κ2) is 7.24. The zero-order valence-electron chi connectivity index (χ0n) is 13.1. The Morgan fingerprint density at radius 1 is 1.27 bits per heavy atom. The van der Waals surface area contributed by atoms with E-state index in [9.17, 15) is 19.7 Å². The highest BCUT2D eigenvalue weighted by Crippen LogP contribution is 2.60. The Bertz CT molecular complexity index is 554. The van der Waals surface area contributed by atoms with Crippen molar-refractivity contribution in [1.29, 1.82) is 0 Å². The van der Waals surface area contributed by atoms with Crippen molar-refractivity contribution in [2.75, 3.05) is 13.2 Å². The van der Waals surface area contributed by atoms with Gasteiger partial charge in [0.25, 0.3) is 0 Å². The molecule has 0 atom stereocenters. The normalized spacial score (nSPS) is 17.8. The van der Waals surface area contributed by atoms with Gasteiger partial charge in [-0.05, 0) is 51.5 Å². The number of carbonyl (C=O) groups is 1. The van der Waals surface area contributed by atoms with Crippen LogP contribution in [0.5, 0.6) is 0 Å². The summed E-state index contributed by atoms with van der Waals surface area (Å²) in [5.74, 6) is -0.951. The van der Waals surface area contributed by atoms with E-state index in [0.29, 0.717) is 10.6 Å². The Hall–Kier alpha value is -1.40. The highest BCUT2D eigenvalue weighted by molar-refractivity contribution is 7.55. The average Bonchev–Trinajstić information content (AvgIpc) is 2.43. The van der Waals surface area contributed by atoms with E-state index in [1.165, 1.54) is 38.3 Å². The summed E-state index contributed by atoms with van der Waals surface area (Å²) in [6, 6.07) is 0. The maximum atomic E-state index is 12.8. The fourth-order valence-electron chi connectivity index (χ4n) is 1.73. The summed E-state index contributed by atoms with van der Waals surface area (Å²) in [6.45, 7) is 6.71. The molecule has 0 fully saturated rings. The summed E-state index contributed by atoms with van der Waals surface area (Å²) in [5, 5.41) is 19.0. The fourth-order valence-corrected chi connectivity index (χ4v) is 3.43. The Labute approximate surface area is 130 Å². The molecule has 0 aromatic carbocycles. The second-order valence-electron chi connectivity index (χ2n) is 5.03. The van der Waals surface area contributed by atoms with Crippen LogP contribution in [0.25, 0.3) is 0 Å². The molecule has 0 spiro atoms. The lowest BCUT2D eigenvalue weighted by molar-refractivity contribution is -0.113. The van der Waals surface area contributed by atoms with Crippen LogP contribution in [0, 0.1) is 0 Å². The third kappa shape index (κ3) is 3.87. The molecule has 1 aliphatic carbocycles. The maximum absolute atomic E-state index is 12.8. The molecule has 0 heterocycles. The van der Waals surface area contributed by atoms with Gasteiger partial charge in [-0.1, -0.05) is 0 Å². The molecule has 0 saturated carbocycles. The number of hydrogen-bond donors (Lipinski definition) is 2. The molecule has 0 aliphatic heterocycles. The Balaban J connectivity index is 3.08. The molecule has 8 heteroatoms. The molecular formula is C14H22NO6P. The van der Waals surface area contributed by atoms with E-state index in [0.717, 1.165) is 0 Å². The standard InChI is InChI=1S/C14H22NO6P/c1-5-20-22(19,21-6-2)14(3,4)15(18)10-11-7-8-12(16)13(17)9-11/h7-10,17-18H,5-6H2,1-4H3/b11-10+. The molecule has 124 valence electrons. The summed E-state index contributed by atoms with van der Waals surface area (Å²) in [4.78, 5) is 11.2. The number of aliphatic hydroxyl groups is 1. The largest absolute Gasteiger partial charge is 0.504 e. The lowest BCUT2D eigenvalue weighted by Gasteiger charge is -2.37. The van der Waals surface area contributed by atoms with Gasteiger partial charge < -0.3 is 14.2 Å². The lowest BCUT2D eigenvalue weighted by atomic mass is 10.1. The number of rotatable bonds is 7. The average molecular weight is 331 g/mol. The van der Waals surface area contributed by atoms with Crippen LogP contribution in [0.15, 0.2) is 35.8 Å². The fraction of sp³-hybridized carbons (Fsp3) is 0.500. The highest BCUT2D eigenvalue weighted by Gasteiger charge is 2.47. The van der Waals surface area contributed by atoms with Crippen LogP contribution in [0.1, 0.15) is 27.7 Å². The SMILES string of the molecule is CCOP(=O)(OCC)C(C)(C)N(O)/C=C1\C=CC(=O)C(O)=C1. The van der Waals surface area contributed by atoms with Crippen LogP contribution >= 0.6 is 7.60 Å². The maximum Gasteiger partial charge on any atom is 0.357 e. The molecule has 0 amide bonds. The van der Waals surface area contributed by atoms with Crippen molar-refractivity contribution in [3.63, 3.8) is 0 Å². The highest BCUT2D eigenvalue weighted by atomic mass is 31.2. The van der Waals surface area contributed by atoms with Gasteiger partial charge in [0, 0.05) is 6.20 Å². The summed E-state index contributed by atoms with van der Waals surface area (Å²) < 4.78 is 23.3. The van der Waals surface area contributed by atoms with E-state index in [-0.39, 0.29) is 13.2 Å². The van der Waals surface area contributed by atoms with Crippen LogP contribution in [-0.2, 0) is 18.4 Å². The van der Waals surface area contributed by atoms with Crippen molar-refractivity contribution in [2.24, 2.45) is 0 Å². The number of hydroxylamine groups is 2. The van der Waals surface area contributed by atoms with E-state index in [2.05, 4.69) is 0 Å². The van der Waals surface area contributed by atoms with E-state index in [1.807, 2.05) is 0 Å². The molecule has 1 rings (SSSR count). The van der Waals surface area contributed by atoms with Crippen molar-refractivity contribution >= 4 is 13.4 Å². The number of nitrogens with zero attached hydrogens (tertiary/aromatic N) is 1. The predicted octanol–water partition coefficient (Wildman–Crippen LogP) is 3.14. The molecule has 0 unspecified atom stereocenters. The van der Waals surface area contributed by atoms with Gasteiger partial charge in [0.05, 0.1) is 13.2 Å². The number of allylic oxidation sites excluding steroid dienone is 4. The molecule has 22 heavy (non-hydrogen) atoms. The number of hydrogen-bond acceptors (Lipinski definition) is 7. The zero-order chi connectivity index (χ0) is 17.0. The molecular weight excluding hydrogens is 309 g/mol. The van der Waals surface area contributed by atoms with Crippen molar-refractivity contribution in [3.8, 4) is 0 Å². The van der Waals surface area contributed by atoms with Gasteiger partial charge in [0.15, 0.2) is 11.0 Å². The Morgan fingerprint density at radius 3 is 2.27 bits per heavy atom. The molecule has 1 aliphatic rings. The number of aliphatic hydroxyl groups excluding tert-OH is 1. The molecule has 0 saturated heterocycles. The Kier molecular flexibility index (Phi) is 6.14. The van der Waals surface area contributed by atoms with Crippen LogP contribution in [0.2, 0.25) is 0 Å². The quantitative estimate of drug-likeness (QED) is 0.546. The molecule has 0 radical (unpaired) electrons. The first-order valence-electron chi connectivity index (χ1n) is 6.90. The minimum atomic E-state index is -3.62. The third-order valence-corrected chi connectivity index (χ3v) is 5.82. The minimum absolute atomic E-state index is 0.167. The van der Waals surface area contributed by atoms with Gasteiger partial charge in [-0.2, -0.15) is 0 Å². The van der Waals surface area contributed by atoms with E-state index in [1.54, 1.807) is 13.8 Å². The van der Waals surface area contributed by atoms with Gasteiger partial charge in [-0.3, -0.25) is 14.6 Å². The molecule has 0 aromatic rings. The van der Waals surface area contributed by atoms with Gasteiger partial charge in [-0.15, -0.1) is 0 Å². The van der Waals surface area contributed by atoms with Crippen LogP contribution in [0.4, 0.5) is 0 Å². The topological polar surface area (TPSA) is 96.3 Å². The lowest BCUT2D eigenvalue weighted by Crippen LogP contribution is -2.39. The van der Waals surface area contributed by atoms with Crippen molar-refractivity contribution in [3.05, 3.63) is 35.8 Å². The van der Waals surface area contributed by atoms with Crippen molar-refractivity contribution in [2.45, 2.75) is 33.0 Å². The van der Waals surface area contributed by atoms with Gasteiger partial charge in [0.1, 0.15) is 0 Å². The van der Waals surface area contributed by atoms with Gasteiger partial charge in [0.2, 0.25) is 5.78 Å². The Morgan fingerprint density at radius 2 is 1.82 bits per heavy atom. The predicted molar refractivity (Wildman–Crippen MR) is 81.5 cm³/mol. The van der Waals surface area contributed by atoms with E-state index < -0.39 is 24.4 Å². The van der Waals surface area contributed by atoms with Crippen LogP contribution < -0.4 is 0 Å². The van der Waals surface area contributed by atoms with E-state index >= 15 is 0 Å². The van der Waals surface area contributed by atoms with E-state index in [4.69, 9.17) is 9.05 Å². The van der Waals surface area contributed by atoms with Crippen molar-refractivity contribution in [1.82, 2.24) is 5.06 Å². The first-order chi connectivity index (χ1) is 10.2. The van der Waals surface area contributed by atoms with Crippen LogP contribution in [0.3, 0.4) is 0 Å². The summed E-state index contributed by atoms with van der Waals surface area (Å²) in [5.41, 5.74) is 0.368. The zero-order valence-corrected chi connectivity index (χ0v) is 14.0.